The number of amides is 2. The third kappa shape index (κ3) is 4.92. The molecule has 1 saturated heterocycles. The highest BCUT2D eigenvalue weighted by atomic mass is 35.5. The Balaban J connectivity index is 1.51. The van der Waals surface area contributed by atoms with Gasteiger partial charge in [0.1, 0.15) is 12.2 Å². The Hall–Kier alpha value is -2.73. The molecule has 6 nitrogen and oxygen atoms in total. The summed E-state index contributed by atoms with van der Waals surface area (Å²) < 4.78 is 5.41. The molecule has 0 unspecified atom stereocenters. The van der Waals surface area contributed by atoms with Crippen LogP contribution >= 0.6 is 11.6 Å². The first kappa shape index (κ1) is 19.0. The smallest absolute Gasteiger partial charge is 0.233 e. The maximum absolute atomic E-state index is 12.4. The Morgan fingerprint density at radius 3 is 2.37 bits per heavy atom. The third-order valence-corrected chi connectivity index (χ3v) is 4.75. The second-order valence-corrected chi connectivity index (χ2v) is 6.71. The number of anilines is 2. The van der Waals surface area contributed by atoms with Crippen LogP contribution in [0.4, 0.5) is 11.4 Å². The Morgan fingerprint density at radius 1 is 1.04 bits per heavy atom. The molecule has 27 heavy (non-hydrogen) atoms. The van der Waals surface area contributed by atoms with Crippen LogP contribution in [0.1, 0.15) is 6.42 Å². The van der Waals surface area contributed by atoms with E-state index in [1.165, 1.54) is 0 Å². The highest BCUT2D eigenvalue weighted by molar-refractivity contribution is 6.30. The monoisotopic (exact) mass is 387 g/mol. The number of nitrogens with one attached hydrogen (secondary N) is 1. The van der Waals surface area contributed by atoms with Crippen molar-refractivity contribution in [1.29, 1.82) is 0 Å². The van der Waals surface area contributed by atoms with E-state index in [4.69, 9.17) is 16.3 Å². The van der Waals surface area contributed by atoms with Crippen molar-refractivity contribution < 1.29 is 14.3 Å². The number of carbonyl (C=O) groups is 2. The summed E-state index contributed by atoms with van der Waals surface area (Å²) in [6.07, 6.45) is -0.169. The van der Waals surface area contributed by atoms with Crippen LogP contribution in [0.3, 0.4) is 0 Å². The van der Waals surface area contributed by atoms with Crippen LogP contribution in [0.5, 0.6) is 5.75 Å². The number of hydrogen-bond donors (Lipinski definition) is 1. The zero-order valence-corrected chi connectivity index (χ0v) is 15.9. The first-order valence-corrected chi connectivity index (χ1v) is 9.16. The number of methoxy groups -OCH3 is 1. The Morgan fingerprint density at radius 2 is 1.70 bits per heavy atom. The standard InChI is InChI=1S/C20H22ClN3O3/c1-27-18-5-3-2-4-17(18)23-10-12-24(13-11-23)20(26)14-19(25)22-16-8-6-15(21)7-9-16/h2-9H,10-14H2,1H3,(H,22,25). The van der Waals surface area contributed by atoms with Crippen molar-refractivity contribution in [3.05, 3.63) is 53.6 Å². The van der Waals surface area contributed by atoms with Gasteiger partial charge >= 0.3 is 0 Å². The average molecular weight is 388 g/mol. The lowest BCUT2D eigenvalue weighted by atomic mass is 10.2. The fourth-order valence-corrected chi connectivity index (χ4v) is 3.20. The van der Waals surface area contributed by atoms with Crippen molar-refractivity contribution in [3.63, 3.8) is 0 Å². The quantitative estimate of drug-likeness (QED) is 0.801. The van der Waals surface area contributed by atoms with E-state index in [2.05, 4.69) is 10.2 Å². The van der Waals surface area contributed by atoms with E-state index >= 15 is 0 Å². The first-order chi connectivity index (χ1) is 13.1. The first-order valence-electron chi connectivity index (χ1n) is 8.78. The molecule has 1 N–H and O–H groups in total. The molecule has 1 heterocycles. The molecule has 0 bridgehead atoms. The lowest BCUT2D eigenvalue weighted by Crippen LogP contribution is -2.49. The van der Waals surface area contributed by atoms with Crippen molar-refractivity contribution in [2.45, 2.75) is 6.42 Å². The van der Waals surface area contributed by atoms with E-state index in [1.54, 1.807) is 36.3 Å². The van der Waals surface area contributed by atoms with Crippen LogP contribution in [0, 0.1) is 0 Å². The fourth-order valence-electron chi connectivity index (χ4n) is 3.08. The van der Waals surface area contributed by atoms with Gasteiger partial charge in [0.2, 0.25) is 11.8 Å². The number of piperazine rings is 1. The van der Waals surface area contributed by atoms with Gasteiger partial charge in [-0.05, 0) is 36.4 Å². The topological polar surface area (TPSA) is 61.9 Å². The van der Waals surface area contributed by atoms with E-state index in [1.807, 2.05) is 24.3 Å². The van der Waals surface area contributed by atoms with Crippen LogP contribution in [-0.4, -0.2) is 50.0 Å². The van der Waals surface area contributed by atoms with Gasteiger partial charge in [0, 0.05) is 36.9 Å². The van der Waals surface area contributed by atoms with Crippen molar-refractivity contribution >= 4 is 34.8 Å². The van der Waals surface area contributed by atoms with Gasteiger partial charge in [0.15, 0.2) is 0 Å². The van der Waals surface area contributed by atoms with Gasteiger partial charge < -0.3 is 19.9 Å². The highest BCUT2D eigenvalue weighted by Crippen LogP contribution is 2.28. The van der Waals surface area contributed by atoms with Crippen molar-refractivity contribution in [2.75, 3.05) is 43.5 Å². The normalized spacial score (nSPS) is 14.0. The van der Waals surface area contributed by atoms with Gasteiger partial charge in [-0.15, -0.1) is 0 Å². The third-order valence-electron chi connectivity index (χ3n) is 4.50. The minimum absolute atomic E-state index is 0.166. The van der Waals surface area contributed by atoms with Gasteiger partial charge in [0.05, 0.1) is 12.8 Å². The highest BCUT2D eigenvalue weighted by Gasteiger charge is 2.24. The summed E-state index contributed by atoms with van der Waals surface area (Å²) in [6, 6.07) is 14.6. The van der Waals surface area contributed by atoms with E-state index in [0.29, 0.717) is 36.9 Å². The molecule has 0 saturated carbocycles. The molecule has 2 aromatic carbocycles. The maximum atomic E-state index is 12.4. The molecule has 7 heteroatoms. The Bertz CT molecular complexity index is 802. The molecule has 2 aromatic rings. The largest absolute Gasteiger partial charge is 0.495 e. The van der Waals surface area contributed by atoms with Crippen molar-refractivity contribution in [1.82, 2.24) is 4.90 Å². The van der Waals surface area contributed by atoms with Crippen LogP contribution in [0.2, 0.25) is 5.02 Å². The molecule has 0 aromatic heterocycles. The fraction of sp³-hybridized carbons (Fsp3) is 0.300. The molecule has 0 spiro atoms. The summed E-state index contributed by atoms with van der Waals surface area (Å²) in [5, 5.41) is 3.31. The number of halogens is 1. The average Bonchev–Trinajstić information content (AvgIpc) is 2.69. The summed E-state index contributed by atoms with van der Waals surface area (Å²) in [7, 11) is 1.65. The minimum atomic E-state index is -0.325. The molecule has 0 atom stereocenters. The SMILES string of the molecule is COc1ccccc1N1CCN(C(=O)CC(=O)Nc2ccc(Cl)cc2)CC1. The number of carbonyl (C=O) groups excluding carboxylic acids is 2. The number of rotatable bonds is 5. The van der Waals surface area contributed by atoms with Gasteiger partial charge in [0.25, 0.3) is 0 Å². The lowest BCUT2D eigenvalue weighted by Gasteiger charge is -2.36. The molecule has 0 aliphatic carbocycles. The number of benzene rings is 2. The van der Waals surface area contributed by atoms with Gasteiger partial charge in [-0.25, -0.2) is 0 Å². The van der Waals surface area contributed by atoms with Crippen molar-refractivity contribution in [3.8, 4) is 5.75 Å². The van der Waals surface area contributed by atoms with E-state index in [9.17, 15) is 9.59 Å². The number of nitrogens with zero attached hydrogens (tertiary/aromatic N) is 2. The molecular weight excluding hydrogens is 366 g/mol. The van der Waals surface area contributed by atoms with Crippen LogP contribution < -0.4 is 15.0 Å². The zero-order chi connectivity index (χ0) is 19.2. The van der Waals surface area contributed by atoms with Gasteiger partial charge in [-0.1, -0.05) is 23.7 Å². The van der Waals surface area contributed by atoms with Crippen molar-refractivity contribution in [2.24, 2.45) is 0 Å². The van der Waals surface area contributed by atoms with Gasteiger partial charge in [-0.2, -0.15) is 0 Å². The molecule has 0 radical (unpaired) electrons. The summed E-state index contributed by atoms with van der Waals surface area (Å²) in [5.41, 5.74) is 1.64. The van der Waals surface area contributed by atoms with Crippen LogP contribution in [0.15, 0.2) is 48.5 Å². The lowest BCUT2D eigenvalue weighted by molar-refractivity contribution is -0.134. The van der Waals surface area contributed by atoms with E-state index < -0.39 is 0 Å². The predicted molar refractivity (Wildman–Crippen MR) is 106 cm³/mol. The number of para-hydroxylation sites is 2. The number of ether oxygens (including phenoxy) is 1. The molecule has 3 rings (SSSR count). The van der Waals surface area contributed by atoms with Crippen LogP contribution in [0.25, 0.3) is 0 Å². The van der Waals surface area contributed by atoms with E-state index in [0.717, 1.165) is 11.4 Å². The second-order valence-electron chi connectivity index (χ2n) is 6.27. The Kier molecular flexibility index (Phi) is 6.19. The summed E-state index contributed by atoms with van der Waals surface area (Å²) >= 11 is 5.82. The molecule has 2 amide bonds. The minimum Gasteiger partial charge on any atom is -0.495 e. The molecule has 1 fully saturated rings. The van der Waals surface area contributed by atoms with Crippen LogP contribution in [-0.2, 0) is 9.59 Å². The molecule has 142 valence electrons. The Labute approximate surface area is 163 Å². The molecule has 1 aliphatic heterocycles. The summed E-state index contributed by atoms with van der Waals surface area (Å²) in [5.74, 6) is 0.329. The zero-order valence-electron chi connectivity index (χ0n) is 15.2. The maximum Gasteiger partial charge on any atom is 0.233 e. The summed E-state index contributed by atoms with van der Waals surface area (Å²) in [4.78, 5) is 28.4. The summed E-state index contributed by atoms with van der Waals surface area (Å²) in [6.45, 7) is 2.55. The second kappa shape index (κ2) is 8.77. The van der Waals surface area contributed by atoms with E-state index in [-0.39, 0.29) is 18.2 Å². The molecular formula is C20H22ClN3O3. The van der Waals surface area contributed by atoms with Gasteiger partial charge in [-0.3, -0.25) is 9.59 Å². The predicted octanol–water partition coefficient (Wildman–Crippen LogP) is 3.03. The molecule has 1 aliphatic rings. The number of hydrogen-bond acceptors (Lipinski definition) is 4.